The molecule has 0 spiro atoms. The summed E-state index contributed by atoms with van der Waals surface area (Å²) >= 11 is 8.41. The first kappa shape index (κ1) is 10.2. The van der Waals surface area contributed by atoms with Gasteiger partial charge in [-0.05, 0) is 28.1 Å². The minimum Gasteiger partial charge on any atom is -0.228 e. The Morgan fingerprint density at radius 1 is 1.42 bits per heavy atom. The second kappa shape index (κ2) is 3.49. The molecule has 0 bridgehead atoms. The Balaban J connectivity index is 3.39. The number of rotatable bonds is 1. The highest BCUT2D eigenvalue weighted by Crippen LogP contribution is 2.24. The lowest BCUT2D eigenvalue weighted by molar-refractivity contribution is 0.608. The van der Waals surface area contributed by atoms with Crippen LogP contribution in [-0.4, -0.2) is 13.4 Å². The molecule has 0 amide bonds. The molecule has 1 rings (SSSR count). The fourth-order valence-electron chi connectivity index (χ4n) is 0.581. The number of pyridine rings is 1. The maximum atomic E-state index is 10.8. The van der Waals surface area contributed by atoms with Gasteiger partial charge in [-0.2, -0.15) is 0 Å². The average molecular weight is 291 g/mol. The number of hydrogen-bond acceptors (Lipinski definition) is 3. The number of hydrogen-bond donors (Lipinski definition) is 0. The fraction of sp³-hybridized carbons (Fsp3) is 0. The molecule has 0 atom stereocenters. The normalized spacial score (nSPS) is 11.6. The topological polar surface area (TPSA) is 47.0 Å². The van der Waals surface area contributed by atoms with Crippen LogP contribution in [0, 0.1) is 0 Å². The van der Waals surface area contributed by atoms with Gasteiger partial charge < -0.3 is 0 Å². The van der Waals surface area contributed by atoms with Gasteiger partial charge in [0, 0.05) is 10.7 Å². The highest BCUT2D eigenvalue weighted by molar-refractivity contribution is 9.10. The van der Waals surface area contributed by atoms with Crippen LogP contribution in [0.1, 0.15) is 0 Å². The monoisotopic (exact) mass is 289 g/mol. The highest BCUT2D eigenvalue weighted by Gasteiger charge is 2.15. The zero-order valence-electron chi connectivity index (χ0n) is 5.46. The predicted molar refractivity (Wildman–Crippen MR) is 50.0 cm³/mol. The van der Waals surface area contributed by atoms with Crippen LogP contribution in [0.15, 0.2) is 21.6 Å². The van der Waals surface area contributed by atoms with Gasteiger partial charge >= 0.3 is 0 Å². The second-order valence-corrected chi connectivity index (χ2v) is 5.53. The standard InChI is InChI=1S/C5H2BrCl2NO2S/c6-5-3(12(8,10)11)1-2-4(7)9-5/h1-2H. The van der Waals surface area contributed by atoms with Gasteiger partial charge in [0.1, 0.15) is 14.7 Å². The zero-order valence-corrected chi connectivity index (χ0v) is 9.37. The molecule has 0 aliphatic heterocycles. The Morgan fingerprint density at radius 3 is 2.42 bits per heavy atom. The molecule has 3 nitrogen and oxygen atoms in total. The van der Waals surface area contributed by atoms with Crippen molar-refractivity contribution in [3.8, 4) is 0 Å². The molecular formula is C5H2BrCl2NO2S. The van der Waals surface area contributed by atoms with E-state index in [0.29, 0.717) is 0 Å². The third-order valence-electron chi connectivity index (χ3n) is 1.04. The predicted octanol–water partition coefficient (Wildman–Crippen LogP) is 2.42. The highest BCUT2D eigenvalue weighted by atomic mass is 79.9. The molecule has 0 aliphatic rings. The van der Waals surface area contributed by atoms with Crippen LogP contribution in [0.5, 0.6) is 0 Å². The van der Waals surface area contributed by atoms with E-state index in [1.807, 2.05) is 0 Å². The van der Waals surface area contributed by atoms with E-state index in [9.17, 15) is 8.42 Å². The molecule has 0 aromatic carbocycles. The number of halogens is 3. The molecule has 0 N–H and O–H groups in total. The Kier molecular flexibility index (Phi) is 2.98. The van der Waals surface area contributed by atoms with Gasteiger partial charge in [-0.15, -0.1) is 0 Å². The molecule has 0 radical (unpaired) electrons. The van der Waals surface area contributed by atoms with Crippen molar-refractivity contribution < 1.29 is 8.42 Å². The molecule has 1 aromatic rings. The lowest BCUT2D eigenvalue weighted by Crippen LogP contribution is -1.93. The Bertz CT molecular complexity index is 406. The van der Waals surface area contributed by atoms with Crippen molar-refractivity contribution in [3.05, 3.63) is 21.9 Å². The van der Waals surface area contributed by atoms with E-state index in [0.717, 1.165) is 0 Å². The molecule has 0 aliphatic carbocycles. The first-order valence-corrected chi connectivity index (χ1v) is 6.16. The van der Waals surface area contributed by atoms with Crippen LogP contribution in [-0.2, 0) is 9.05 Å². The summed E-state index contributed by atoms with van der Waals surface area (Å²) in [6, 6.07) is 2.63. The van der Waals surface area contributed by atoms with Crippen LogP contribution in [0.3, 0.4) is 0 Å². The minimum absolute atomic E-state index is 0.0893. The summed E-state index contributed by atoms with van der Waals surface area (Å²) < 4.78 is 21.8. The Morgan fingerprint density at radius 2 is 2.00 bits per heavy atom. The third-order valence-corrected chi connectivity index (χ3v) is 3.47. The van der Waals surface area contributed by atoms with Gasteiger partial charge in [-0.1, -0.05) is 11.6 Å². The Hall–Kier alpha value is 0.160. The van der Waals surface area contributed by atoms with Crippen molar-refractivity contribution >= 4 is 47.3 Å². The SMILES string of the molecule is O=S(=O)(Cl)c1ccc(Cl)nc1Br. The van der Waals surface area contributed by atoms with E-state index in [2.05, 4.69) is 20.9 Å². The molecule has 0 unspecified atom stereocenters. The van der Waals surface area contributed by atoms with E-state index in [1.165, 1.54) is 12.1 Å². The van der Waals surface area contributed by atoms with Crippen molar-refractivity contribution in [2.24, 2.45) is 0 Å². The van der Waals surface area contributed by atoms with Crippen molar-refractivity contribution in [1.29, 1.82) is 0 Å². The molecule has 12 heavy (non-hydrogen) atoms. The largest absolute Gasteiger partial charge is 0.263 e. The van der Waals surface area contributed by atoms with Crippen molar-refractivity contribution in [3.63, 3.8) is 0 Å². The van der Waals surface area contributed by atoms with E-state index < -0.39 is 9.05 Å². The molecular weight excluding hydrogens is 289 g/mol. The molecule has 1 aromatic heterocycles. The average Bonchev–Trinajstić information content (AvgIpc) is 1.83. The van der Waals surface area contributed by atoms with E-state index >= 15 is 0 Å². The number of nitrogens with zero attached hydrogens (tertiary/aromatic N) is 1. The first-order valence-electron chi connectivity index (χ1n) is 2.68. The van der Waals surface area contributed by atoms with Crippen molar-refractivity contribution in [1.82, 2.24) is 4.98 Å². The van der Waals surface area contributed by atoms with Gasteiger partial charge in [-0.3, -0.25) is 0 Å². The van der Waals surface area contributed by atoms with E-state index in [4.69, 9.17) is 22.3 Å². The molecule has 0 fully saturated rings. The lowest BCUT2D eigenvalue weighted by atomic mass is 10.5. The van der Waals surface area contributed by atoms with Crippen LogP contribution in [0.4, 0.5) is 0 Å². The summed E-state index contributed by atoms with van der Waals surface area (Å²) in [5, 5.41) is 0.200. The smallest absolute Gasteiger partial charge is 0.228 e. The zero-order chi connectivity index (χ0) is 9.35. The van der Waals surface area contributed by atoms with Crippen LogP contribution in [0.2, 0.25) is 5.15 Å². The molecule has 7 heteroatoms. The van der Waals surface area contributed by atoms with Crippen LogP contribution >= 0.6 is 38.2 Å². The van der Waals surface area contributed by atoms with Crippen molar-refractivity contribution in [2.45, 2.75) is 4.90 Å². The fourth-order valence-corrected chi connectivity index (χ4v) is 2.92. The Labute approximate surface area is 87.3 Å². The van der Waals surface area contributed by atoms with Gasteiger partial charge in [0.25, 0.3) is 9.05 Å². The summed E-state index contributed by atoms with van der Waals surface area (Å²) in [6.07, 6.45) is 0. The molecule has 1 heterocycles. The molecule has 0 saturated heterocycles. The maximum Gasteiger partial charge on any atom is 0.263 e. The van der Waals surface area contributed by atoms with Crippen molar-refractivity contribution in [2.75, 3.05) is 0 Å². The molecule has 66 valence electrons. The van der Waals surface area contributed by atoms with Gasteiger partial charge in [0.2, 0.25) is 0 Å². The van der Waals surface area contributed by atoms with Gasteiger partial charge in [0.05, 0.1) is 0 Å². The first-order chi connectivity index (χ1) is 5.41. The van der Waals surface area contributed by atoms with E-state index in [1.54, 1.807) is 0 Å². The second-order valence-electron chi connectivity index (χ2n) is 1.86. The van der Waals surface area contributed by atoms with Gasteiger partial charge in [0.15, 0.2) is 0 Å². The summed E-state index contributed by atoms with van der Waals surface area (Å²) in [7, 11) is 1.33. The third kappa shape index (κ3) is 2.32. The minimum atomic E-state index is -3.75. The maximum absolute atomic E-state index is 10.8. The van der Waals surface area contributed by atoms with Crippen LogP contribution in [0.25, 0.3) is 0 Å². The summed E-state index contributed by atoms with van der Waals surface area (Å²) in [5.74, 6) is 0. The van der Waals surface area contributed by atoms with Crippen LogP contribution < -0.4 is 0 Å². The van der Waals surface area contributed by atoms with Gasteiger partial charge in [-0.25, -0.2) is 13.4 Å². The van der Waals surface area contributed by atoms with E-state index in [-0.39, 0.29) is 14.7 Å². The molecule has 0 saturated carbocycles. The summed E-state index contributed by atoms with van der Waals surface area (Å²) in [5.41, 5.74) is 0. The quantitative estimate of drug-likeness (QED) is 0.589. The summed E-state index contributed by atoms with van der Waals surface area (Å²) in [6.45, 7) is 0. The number of aromatic nitrogens is 1. The summed E-state index contributed by atoms with van der Waals surface area (Å²) in [4.78, 5) is 3.57. The lowest BCUT2D eigenvalue weighted by Gasteiger charge is -1.98.